The molecule has 0 aromatic heterocycles. The molecule has 5 aliphatic rings. The van der Waals surface area contributed by atoms with Crippen molar-refractivity contribution in [1.29, 1.82) is 0 Å². The van der Waals surface area contributed by atoms with Gasteiger partial charge in [-0.3, -0.25) is 4.79 Å². The molecule has 2 heterocycles. The topological polar surface area (TPSA) is 185 Å². The molecule has 326 valence electrons. The van der Waals surface area contributed by atoms with Gasteiger partial charge in [-0.2, -0.15) is 0 Å². The van der Waals surface area contributed by atoms with Crippen LogP contribution < -0.4 is 5.32 Å². The van der Waals surface area contributed by atoms with Crippen LogP contribution in [0.25, 0.3) is 0 Å². The predicted octanol–water partition coefficient (Wildman–Crippen LogP) is 5.57. The Kier molecular flexibility index (Phi) is 12.1. The maximum atomic E-state index is 14.4. The molecule has 6 rings (SSSR count). The molecule has 1 amide bonds. The molecule has 13 atom stereocenters. The Bertz CT molecular complexity index is 1840. The molecule has 4 fully saturated rings. The Morgan fingerprint density at radius 2 is 1.71 bits per heavy atom. The summed E-state index contributed by atoms with van der Waals surface area (Å²) < 4.78 is 44.1. The van der Waals surface area contributed by atoms with E-state index in [0.29, 0.717) is 17.6 Å². The van der Waals surface area contributed by atoms with Crippen molar-refractivity contribution < 1.29 is 62.5 Å². The molecule has 4 unspecified atom stereocenters. The van der Waals surface area contributed by atoms with Crippen LogP contribution in [0.3, 0.4) is 0 Å². The number of rotatable bonds is 10. The molecule has 59 heavy (non-hydrogen) atoms. The van der Waals surface area contributed by atoms with Crippen molar-refractivity contribution in [2.75, 3.05) is 6.61 Å². The highest BCUT2D eigenvalue weighted by Gasteiger charge is 2.79. The minimum Gasteiger partial charge on any atom is -0.456 e. The minimum atomic E-state index is -2.02. The van der Waals surface area contributed by atoms with Crippen LogP contribution in [0.1, 0.15) is 106 Å². The van der Waals surface area contributed by atoms with Crippen molar-refractivity contribution in [2.45, 2.75) is 161 Å². The fourth-order valence-electron chi connectivity index (χ4n) is 11.0. The van der Waals surface area contributed by atoms with Crippen molar-refractivity contribution in [3.63, 3.8) is 0 Å². The van der Waals surface area contributed by atoms with Crippen LogP contribution in [-0.2, 0) is 42.7 Å². The zero-order valence-corrected chi connectivity index (χ0v) is 36.2. The van der Waals surface area contributed by atoms with E-state index in [1.54, 1.807) is 57.2 Å². The molecule has 14 nitrogen and oxygen atoms in total. The van der Waals surface area contributed by atoms with Gasteiger partial charge in [-0.25, -0.2) is 14.4 Å². The lowest BCUT2D eigenvalue weighted by Gasteiger charge is -2.71. The second kappa shape index (κ2) is 15.9. The van der Waals surface area contributed by atoms with Gasteiger partial charge in [0.25, 0.3) is 0 Å². The van der Waals surface area contributed by atoms with E-state index in [-0.39, 0.29) is 30.9 Å². The number of nitrogens with one attached hydrogen (secondary N) is 1. The molecule has 3 N–H and O–H groups in total. The summed E-state index contributed by atoms with van der Waals surface area (Å²) in [6.45, 7) is 23.6. The second-order valence-corrected chi connectivity index (χ2v) is 19.3. The van der Waals surface area contributed by atoms with Gasteiger partial charge in [0.1, 0.15) is 29.5 Å². The van der Waals surface area contributed by atoms with Crippen molar-refractivity contribution in [3.05, 3.63) is 59.7 Å². The van der Waals surface area contributed by atoms with E-state index in [1.165, 1.54) is 6.92 Å². The molecule has 2 saturated heterocycles. The lowest BCUT2D eigenvalue weighted by atomic mass is 9.43. The van der Waals surface area contributed by atoms with Gasteiger partial charge >= 0.3 is 24.0 Å². The first-order valence-electron chi connectivity index (χ1n) is 20.7. The second-order valence-electron chi connectivity index (χ2n) is 19.3. The zero-order chi connectivity index (χ0) is 43.6. The number of ether oxygens (including phenoxy) is 7. The quantitative estimate of drug-likeness (QED) is 0.151. The SMILES string of the molecule is C=C[C@H]1O[C@H]2C[C@H]3OC[C@@]3(OC(C)=O)C3C(OC(=O)c4ccccc4)[C@]4(O)C[C@H](OC(=O)C(O)[C@H](CC(C)C)NC(=O)OC(C)(C)C)C(C)=C(C(C)[C@H](O1)[C@@]32C)C4(C)C. The van der Waals surface area contributed by atoms with Gasteiger partial charge in [0.05, 0.1) is 36.3 Å². The summed E-state index contributed by atoms with van der Waals surface area (Å²) in [5.41, 5.74) is -4.96. The van der Waals surface area contributed by atoms with Crippen LogP contribution in [0.15, 0.2) is 54.1 Å². The first kappa shape index (κ1) is 44.7. The number of fused-ring (bicyclic) bond motifs is 4. The first-order chi connectivity index (χ1) is 27.4. The van der Waals surface area contributed by atoms with Crippen LogP contribution in [0.4, 0.5) is 4.79 Å². The number of esters is 3. The van der Waals surface area contributed by atoms with E-state index < -0.39 is 112 Å². The number of hydrogen-bond donors (Lipinski definition) is 3. The number of carbonyl (C=O) groups excluding carboxylic acids is 4. The maximum absolute atomic E-state index is 14.4. The van der Waals surface area contributed by atoms with Crippen LogP contribution >= 0.6 is 0 Å². The highest BCUT2D eigenvalue weighted by Crippen LogP contribution is 2.68. The van der Waals surface area contributed by atoms with Crippen LogP contribution in [-0.4, -0.2) is 107 Å². The molecule has 2 bridgehead atoms. The van der Waals surface area contributed by atoms with Crippen molar-refractivity contribution >= 4 is 24.0 Å². The van der Waals surface area contributed by atoms with Crippen LogP contribution in [0.2, 0.25) is 0 Å². The smallest absolute Gasteiger partial charge is 0.407 e. The van der Waals surface area contributed by atoms with Gasteiger partial charge in [-0.1, -0.05) is 71.9 Å². The molecule has 2 aliphatic heterocycles. The Morgan fingerprint density at radius 3 is 2.27 bits per heavy atom. The molecule has 0 spiro atoms. The summed E-state index contributed by atoms with van der Waals surface area (Å²) in [5.74, 6) is -3.85. The molecule has 1 aromatic rings. The molecule has 14 heteroatoms. The standard InChI is InChI=1S/C45H63NO13/c1-13-32-55-30-20-31-44(22-53-31,58-26(6)47)35-37(57-38(49)27-17-15-14-16-18-27)45(52)21-29(24(4)33(42(45,10)11)25(5)36(56-32)43(30,35)12)54-39(50)34(48)28(19-23(2)3)46-40(51)59-41(7,8)9/h13-18,23,25,28-32,34-37,48,52H,1,19-22H2,2-12H3,(H,46,51)/t25?,28-,29-,30-,31+,32-,34?,35?,36-,37?,43+,44-,45+/m0/s1. The number of hydrogen-bond acceptors (Lipinski definition) is 13. The number of carbonyl (C=O) groups is 4. The highest BCUT2D eigenvalue weighted by molar-refractivity contribution is 5.89. The van der Waals surface area contributed by atoms with E-state index >= 15 is 0 Å². The molecule has 0 radical (unpaired) electrons. The van der Waals surface area contributed by atoms with E-state index in [9.17, 15) is 29.4 Å². The zero-order valence-electron chi connectivity index (χ0n) is 36.2. The number of aliphatic hydroxyl groups excluding tert-OH is 1. The molecular formula is C45H63NO13. The first-order valence-corrected chi connectivity index (χ1v) is 20.7. The Labute approximate surface area is 347 Å². The number of amides is 1. The largest absolute Gasteiger partial charge is 0.456 e. The average molecular weight is 826 g/mol. The fourth-order valence-corrected chi connectivity index (χ4v) is 11.0. The Morgan fingerprint density at radius 1 is 1.05 bits per heavy atom. The van der Waals surface area contributed by atoms with Crippen molar-refractivity contribution in [1.82, 2.24) is 5.32 Å². The molecule has 1 aromatic carbocycles. The maximum Gasteiger partial charge on any atom is 0.407 e. The molecule has 2 saturated carbocycles. The fraction of sp³-hybridized carbons (Fsp3) is 0.689. The van der Waals surface area contributed by atoms with E-state index in [4.69, 9.17) is 33.2 Å². The molecular weight excluding hydrogens is 762 g/mol. The molecule has 3 aliphatic carbocycles. The normalized spacial score (nSPS) is 36.8. The predicted molar refractivity (Wildman–Crippen MR) is 214 cm³/mol. The van der Waals surface area contributed by atoms with Gasteiger partial charge in [-0.05, 0) is 63.8 Å². The van der Waals surface area contributed by atoms with Crippen molar-refractivity contribution in [3.8, 4) is 0 Å². The third-order valence-corrected chi connectivity index (χ3v) is 13.5. The van der Waals surface area contributed by atoms with Gasteiger partial charge in [-0.15, -0.1) is 0 Å². The number of benzene rings is 1. The number of alkyl carbamates (subject to hydrolysis) is 1. The van der Waals surface area contributed by atoms with E-state index in [1.807, 2.05) is 48.5 Å². The summed E-state index contributed by atoms with van der Waals surface area (Å²) in [7, 11) is 0. The van der Waals surface area contributed by atoms with E-state index in [2.05, 4.69) is 11.9 Å². The monoisotopic (exact) mass is 825 g/mol. The summed E-state index contributed by atoms with van der Waals surface area (Å²) in [4.78, 5) is 54.5. The highest BCUT2D eigenvalue weighted by atomic mass is 16.7. The summed E-state index contributed by atoms with van der Waals surface area (Å²) in [5, 5.41) is 28.0. The summed E-state index contributed by atoms with van der Waals surface area (Å²) in [6.07, 6.45) is -6.18. The van der Waals surface area contributed by atoms with Gasteiger partial charge < -0.3 is 48.7 Å². The number of aliphatic hydroxyl groups is 2. The summed E-state index contributed by atoms with van der Waals surface area (Å²) in [6, 6.07) is 7.32. The van der Waals surface area contributed by atoms with Gasteiger partial charge in [0.15, 0.2) is 18.0 Å². The Balaban J connectivity index is 1.51. The third-order valence-electron chi connectivity index (χ3n) is 13.5. The third kappa shape index (κ3) is 7.73. The van der Waals surface area contributed by atoms with Crippen LogP contribution in [0, 0.1) is 28.6 Å². The lowest BCUT2D eigenvalue weighted by molar-refractivity contribution is -0.403. The lowest BCUT2D eigenvalue weighted by Crippen LogP contribution is -2.83. The average Bonchev–Trinajstić information content (AvgIpc) is 3.12. The van der Waals surface area contributed by atoms with Gasteiger partial charge in [0, 0.05) is 36.5 Å². The Hall–Kier alpha value is -3.82. The van der Waals surface area contributed by atoms with Crippen LogP contribution in [0.5, 0.6) is 0 Å². The summed E-state index contributed by atoms with van der Waals surface area (Å²) >= 11 is 0. The minimum absolute atomic E-state index is 0.0405. The van der Waals surface area contributed by atoms with Crippen molar-refractivity contribution in [2.24, 2.45) is 28.6 Å². The van der Waals surface area contributed by atoms with E-state index in [0.717, 1.165) is 0 Å². The van der Waals surface area contributed by atoms with Gasteiger partial charge in [0.2, 0.25) is 0 Å².